The molecule has 0 radical (unpaired) electrons. The van der Waals surface area contributed by atoms with Crippen molar-refractivity contribution in [3.8, 4) is 5.75 Å². The summed E-state index contributed by atoms with van der Waals surface area (Å²) >= 11 is 0. The Hall–Kier alpha value is -2.04. The first-order valence-corrected chi connectivity index (χ1v) is 6.65. The molecule has 1 aromatic carbocycles. The van der Waals surface area contributed by atoms with E-state index in [4.69, 9.17) is 9.84 Å². The summed E-state index contributed by atoms with van der Waals surface area (Å²) in [5, 5.41) is 9.15. The van der Waals surface area contributed by atoms with Gasteiger partial charge >= 0.3 is 5.97 Å². The Morgan fingerprint density at radius 3 is 2.55 bits per heavy atom. The third-order valence-electron chi connectivity index (χ3n) is 3.60. The number of ether oxygens (including phenoxy) is 1. The fourth-order valence-electron chi connectivity index (χ4n) is 2.23. The number of carboxylic acids is 1. The maximum absolute atomic E-state index is 12.6. The molecule has 1 fully saturated rings. The molecule has 1 aliphatic rings. The summed E-state index contributed by atoms with van der Waals surface area (Å²) in [6.45, 7) is 3.44. The summed E-state index contributed by atoms with van der Waals surface area (Å²) in [6, 6.07) is 4.41. The zero-order chi connectivity index (χ0) is 14.9. The Bertz CT molecular complexity index is 537. The van der Waals surface area contributed by atoms with Gasteiger partial charge in [0.25, 0.3) is 5.91 Å². The number of hydrogen-bond acceptors (Lipinski definition) is 3. The number of carbonyl (C=O) groups is 2. The summed E-state index contributed by atoms with van der Waals surface area (Å²) < 4.78 is 5.21. The standard InChI is InChI=1S/C15H19NO4/c1-9-4-5-11(8-13(9)20-3)14(17)16(12-6-7-12)10(2)15(18)19/h4-5,8,10,12H,6-7H2,1-3H3,(H,18,19). The predicted molar refractivity (Wildman–Crippen MR) is 74.0 cm³/mol. The van der Waals surface area contributed by atoms with Crippen molar-refractivity contribution in [2.75, 3.05) is 7.11 Å². The first-order chi connectivity index (χ1) is 9.45. The molecule has 1 aliphatic carbocycles. The van der Waals surface area contributed by atoms with Crippen molar-refractivity contribution in [1.82, 2.24) is 4.90 Å². The fourth-order valence-corrected chi connectivity index (χ4v) is 2.23. The molecule has 5 heteroatoms. The van der Waals surface area contributed by atoms with Crippen LogP contribution in [-0.2, 0) is 4.79 Å². The summed E-state index contributed by atoms with van der Waals surface area (Å²) in [5.41, 5.74) is 1.40. The van der Waals surface area contributed by atoms with Crippen molar-refractivity contribution in [2.45, 2.75) is 38.8 Å². The number of aliphatic carboxylic acids is 1. The van der Waals surface area contributed by atoms with Crippen molar-refractivity contribution < 1.29 is 19.4 Å². The summed E-state index contributed by atoms with van der Waals surface area (Å²) in [5.74, 6) is -0.598. The first-order valence-electron chi connectivity index (χ1n) is 6.65. The van der Waals surface area contributed by atoms with Crippen LogP contribution in [0.15, 0.2) is 18.2 Å². The molecule has 5 nitrogen and oxygen atoms in total. The molecule has 1 N–H and O–H groups in total. The van der Waals surface area contributed by atoms with Gasteiger partial charge in [-0.3, -0.25) is 4.79 Å². The number of benzene rings is 1. The monoisotopic (exact) mass is 277 g/mol. The van der Waals surface area contributed by atoms with Crippen LogP contribution in [0.25, 0.3) is 0 Å². The van der Waals surface area contributed by atoms with Crippen LogP contribution in [0.3, 0.4) is 0 Å². The van der Waals surface area contributed by atoms with Gasteiger partial charge in [-0.25, -0.2) is 4.79 Å². The lowest BCUT2D eigenvalue weighted by atomic mass is 10.1. The van der Waals surface area contributed by atoms with Gasteiger partial charge in [0.1, 0.15) is 11.8 Å². The summed E-state index contributed by atoms with van der Waals surface area (Å²) in [7, 11) is 1.55. The molecule has 1 amide bonds. The minimum atomic E-state index is -0.982. The molecule has 2 rings (SSSR count). The van der Waals surface area contributed by atoms with Gasteiger partial charge in [0.05, 0.1) is 7.11 Å². The van der Waals surface area contributed by atoms with E-state index < -0.39 is 12.0 Å². The van der Waals surface area contributed by atoms with E-state index in [2.05, 4.69) is 0 Å². The number of carboxylic acid groups (broad SMARTS) is 1. The van der Waals surface area contributed by atoms with E-state index in [1.165, 1.54) is 4.90 Å². The van der Waals surface area contributed by atoms with Crippen LogP contribution in [-0.4, -0.2) is 41.1 Å². The van der Waals surface area contributed by atoms with Crippen LogP contribution in [0.4, 0.5) is 0 Å². The maximum Gasteiger partial charge on any atom is 0.326 e. The fraction of sp³-hybridized carbons (Fsp3) is 0.467. The Balaban J connectivity index is 2.30. The Kier molecular flexibility index (Phi) is 3.97. The Morgan fingerprint density at radius 1 is 1.40 bits per heavy atom. The van der Waals surface area contributed by atoms with Crippen molar-refractivity contribution in [2.24, 2.45) is 0 Å². The van der Waals surface area contributed by atoms with Gasteiger partial charge in [-0.2, -0.15) is 0 Å². The second kappa shape index (κ2) is 5.53. The molecule has 0 aromatic heterocycles. The van der Waals surface area contributed by atoms with E-state index in [0.29, 0.717) is 11.3 Å². The highest BCUT2D eigenvalue weighted by molar-refractivity contribution is 5.97. The molecule has 0 heterocycles. The molecule has 0 aliphatic heterocycles. The lowest BCUT2D eigenvalue weighted by Gasteiger charge is -2.26. The van der Waals surface area contributed by atoms with Gasteiger partial charge in [0, 0.05) is 11.6 Å². The van der Waals surface area contributed by atoms with Crippen LogP contribution in [0.1, 0.15) is 35.7 Å². The number of amides is 1. The van der Waals surface area contributed by atoms with Gasteiger partial charge in [-0.05, 0) is 44.4 Å². The van der Waals surface area contributed by atoms with Gasteiger partial charge in [-0.15, -0.1) is 0 Å². The molecule has 20 heavy (non-hydrogen) atoms. The van der Waals surface area contributed by atoms with Crippen molar-refractivity contribution in [1.29, 1.82) is 0 Å². The lowest BCUT2D eigenvalue weighted by Crippen LogP contribution is -2.44. The molecular formula is C15H19NO4. The van der Waals surface area contributed by atoms with Gasteiger partial charge in [0.15, 0.2) is 0 Å². The van der Waals surface area contributed by atoms with Gasteiger partial charge < -0.3 is 14.7 Å². The highest BCUT2D eigenvalue weighted by Gasteiger charge is 2.38. The molecule has 0 spiro atoms. The van der Waals surface area contributed by atoms with Gasteiger partial charge in [0.2, 0.25) is 0 Å². The molecule has 1 unspecified atom stereocenters. The van der Waals surface area contributed by atoms with E-state index in [-0.39, 0.29) is 11.9 Å². The lowest BCUT2D eigenvalue weighted by molar-refractivity contribution is -0.141. The maximum atomic E-state index is 12.6. The Morgan fingerprint density at radius 2 is 2.05 bits per heavy atom. The minimum Gasteiger partial charge on any atom is -0.496 e. The van der Waals surface area contributed by atoms with E-state index in [1.54, 1.807) is 26.2 Å². The van der Waals surface area contributed by atoms with E-state index in [9.17, 15) is 9.59 Å². The average molecular weight is 277 g/mol. The number of nitrogens with zero attached hydrogens (tertiary/aromatic N) is 1. The van der Waals surface area contributed by atoms with Crippen molar-refractivity contribution >= 4 is 11.9 Å². The molecular weight excluding hydrogens is 258 g/mol. The number of carbonyl (C=O) groups excluding carboxylic acids is 1. The number of hydrogen-bond donors (Lipinski definition) is 1. The van der Waals surface area contributed by atoms with E-state index in [1.807, 2.05) is 13.0 Å². The number of methoxy groups -OCH3 is 1. The Labute approximate surface area is 118 Å². The highest BCUT2D eigenvalue weighted by atomic mass is 16.5. The minimum absolute atomic E-state index is 0.0425. The summed E-state index contributed by atoms with van der Waals surface area (Å²) in [4.78, 5) is 25.2. The quantitative estimate of drug-likeness (QED) is 0.894. The number of aryl methyl sites for hydroxylation is 1. The van der Waals surface area contributed by atoms with Crippen LogP contribution < -0.4 is 4.74 Å². The van der Waals surface area contributed by atoms with Gasteiger partial charge in [-0.1, -0.05) is 6.07 Å². The molecule has 0 bridgehead atoms. The zero-order valence-corrected chi connectivity index (χ0v) is 11.9. The van der Waals surface area contributed by atoms with Crippen molar-refractivity contribution in [3.63, 3.8) is 0 Å². The largest absolute Gasteiger partial charge is 0.496 e. The second-order valence-corrected chi connectivity index (χ2v) is 5.14. The SMILES string of the molecule is COc1cc(C(=O)N(C2CC2)C(C)C(=O)O)ccc1C. The average Bonchev–Trinajstić information content (AvgIpc) is 3.23. The number of rotatable bonds is 5. The molecule has 1 saturated carbocycles. The van der Waals surface area contributed by atoms with Crippen LogP contribution in [0.2, 0.25) is 0 Å². The second-order valence-electron chi connectivity index (χ2n) is 5.14. The molecule has 1 atom stereocenters. The molecule has 1 aromatic rings. The third kappa shape index (κ3) is 2.76. The summed E-state index contributed by atoms with van der Waals surface area (Å²) in [6.07, 6.45) is 1.73. The highest BCUT2D eigenvalue weighted by Crippen LogP contribution is 2.31. The smallest absolute Gasteiger partial charge is 0.326 e. The first kappa shape index (κ1) is 14.4. The molecule has 108 valence electrons. The normalized spacial score (nSPS) is 15.6. The molecule has 0 saturated heterocycles. The zero-order valence-electron chi connectivity index (χ0n) is 11.9. The third-order valence-corrected chi connectivity index (χ3v) is 3.60. The predicted octanol–water partition coefficient (Wildman–Crippen LogP) is 2.08. The van der Waals surface area contributed by atoms with Crippen molar-refractivity contribution in [3.05, 3.63) is 29.3 Å². The van der Waals surface area contributed by atoms with Crippen LogP contribution >= 0.6 is 0 Å². The van der Waals surface area contributed by atoms with Crippen LogP contribution in [0, 0.1) is 6.92 Å². The van der Waals surface area contributed by atoms with E-state index >= 15 is 0 Å². The van der Waals surface area contributed by atoms with Crippen LogP contribution in [0.5, 0.6) is 5.75 Å². The topological polar surface area (TPSA) is 66.8 Å². The van der Waals surface area contributed by atoms with E-state index in [0.717, 1.165) is 18.4 Å².